The van der Waals surface area contributed by atoms with Gasteiger partial charge in [0, 0.05) is 23.8 Å². The fraction of sp³-hybridized carbons (Fsp3) is 0.316. The molecule has 144 valence electrons. The van der Waals surface area contributed by atoms with Crippen molar-refractivity contribution in [3.8, 4) is 0 Å². The first-order chi connectivity index (χ1) is 12.8. The Hall–Kier alpha value is -1.96. The summed E-state index contributed by atoms with van der Waals surface area (Å²) in [7, 11) is -3.58. The van der Waals surface area contributed by atoms with Crippen molar-refractivity contribution in [1.29, 1.82) is 0 Å². The Kier molecular flexibility index (Phi) is 6.14. The molecule has 1 heterocycles. The summed E-state index contributed by atoms with van der Waals surface area (Å²) >= 11 is 5.83. The summed E-state index contributed by atoms with van der Waals surface area (Å²) in [4.78, 5) is 12.5. The maximum absolute atomic E-state index is 13.0. The van der Waals surface area contributed by atoms with Gasteiger partial charge in [-0.3, -0.25) is 4.79 Å². The predicted molar refractivity (Wildman–Crippen MR) is 103 cm³/mol. The molecule has 27 heavy (non-hydrogen) atoms. The second-order valence-electron chi connectivity index (χ2n) is 6.58. The van der Waals surface area contributed by atoms with Crippen LogP contribution < -0.4 is 5.32 Å². The fourth-order valence-electron chi connectivity index (χ4n) is 3.07. The lowest BCUT2D eigenvalue weighted by Gasteiger charge is -2.31. The van der Waals surface area contributed by atoms with Crippen LogP contribution in [0.15, 0.2) is 48.5 Å². The number of halogens is 2. The van der Waals surface area contributed by atoms with Crippen molar-refractivity contribution in [3.05, 3.63) is 64.9 Å². The monoisotopic (exact) mass is 410 g/mol. The topological polar surface area (TPSA) is 66.5 Å². The Morgan fingerprint density at radius 1 is 1.15 bits per heavy atom. The van der Waals surface area contributed by atoms with Crippen LogP contribution >= 0.6 is 11.6 Å². The number of hydrogen-bond acceptors (Lipinski definition) is 3. The van der Waals surface area contributed by atoms with Crippen LogP contribution in [-0.4, -0.2) is 31.7 Å². The Labute approximate surface area is 163 Å². The molecule has 1 atom stereocenters. The van der Waals surface area contributed by atoms with E-state index in [1.807, 2.05) is 0 Å². The van der Waals surface area contributed by atoms with Crippen molar-refractivity contribution < 1.29 is 17.6 Å². The molecule has 1 aliphatic rings. The number of carbonyl (C=O) groups is 1. The van der Waals surface area contributed by atoms with Gasteiger partial charge in [0.05, 0.1) is 11.7 Å². The number of carbonyl (C=O) groups excluding carboxylic acids is 1. The maximum atomic E-state index is 13.0. The Morgan fingerprint density at radius 3 is 2.48 bits per heavy atom. The molecule has 0 aromatic heterocycles. The highest BCUT2D eigenvalue weighted by Gasteiger charge is 2.32. The van der Waals surface area contributed by atoms with Crippen LogP contribution in [0, 0.1) is 11.7 Å². The molecule has 0 saturated carbocycles. The summed E-state index contributed by atoms with van der Waals surface area (Å²) in [5.74, 6) is -1.25. The van der Waals surface area contributed by atoms with E-state index in [-0.39, 0.29) is 18.2 Å². The number of nitrogens with one attached hydrogen (secondary N) is 1. The fourth-order valence-corrected chi connectivity index (χ4v) is 4.81. The van der Waals surface area contributed by atoms with E-state index in [9.17, 15) is 17.6 Å². The average molecular weight is 411 g/mol. The van der Waals surface area contributed by atoms with Gasteiger partial charge in [0.25, 0.3) is 0 Å². The van der Waals surface area contributed by atoms with Gasteiger partial charge in [-0.1, -0.05) is 23.7 Å². The summed E-state index contributed by atoms with van der Waals surface area (Å²) in [6.45, 7) is 0.525. The first kappa shape index (κ1) is 19.8. The van der Waals surface area contributed by atoms with Crippen molar-refractivity contribution in [2.45, 2.75) is 18.6 Å². The summed E-state index contributed by atoms with van der Waals surface area (Å²) in [6.07, 6.45) is 1.24. The molecule has 2 aromatic rings. The normalized spacial score (nSPS) is 18.2. The first-order valence-electron chi connectivity index (χ1n) is 8.62. The number of rotatable bonds is 5. The third kappa shape index (κ3) is 5.28. The highest BCUT2D eigenvalue weighted by atomic mass is 35.5. The molecular weight excluding hydrogens is 391 g/mol. The van der Waals surface area contributed by atoms with E-state index in [4.69, 9.17) is 11.6 Å². The minimum Gasteiger partial charge on any atom is -0.326 e. The highest BCUT2D eigenvalue weighted by Crippen LogP contribution is 2.23. The first-order valence-corrected chi connectivity index (χ1v) is 10.6. The van der Waals surface area contributed by atoms with E-state index in [0.29, 0.717) is 35.7 Å². The Bertz CT molecular complexity index is 902. The zero-order chi connectivity index (χ0) is 19.4. The van der Waals surface area contributed by atoms with E-state index in [2.05, 4.69) is 5.32 Å². The number of benzene rings is 2. The minimum atomic E-state index is -3.58. The molecule has 0 aliphatic carbocycles. The van der Waals surface area contributed by atoms with Crippen LogP contribution in [0.1, 0.15) is 18.4 Å². The molecule has 0 radical (unpaired) electrons. The van der Waals surface area contributed by atoms with Gasteiger partial charge in [0.15, 0.2) is 0 Å². The van der Waals surface area contributed by atoms with Crippen LogP contribution in [0.2, 0.25) is 5.02 Å². The summed E-state index contributed by atoms with van der Waals surface area (Å²) in [5, 5.41) is 3.38. The molecule has 1 fully saturated rings. The summed E-state index contributed by atoms with van der Waals surface area (Å²) < 4.78 is 39.7. The van der Waals surface area contributed by atoms with E-state index in [1.165, 1.54) is 28.6 Å². The number of piperidine rings is 1. The molecular formula is C19H20ClFN2O3S. The lowest BCUT2D eigenvalue weighted by atomic mass is 9.99. The van der Waals surface area contributed by atoms with Gasteiger partial charge in [-0.2, -0.15) is 0 Å². The quantitative estimate of drug-likeness (QED) is 0.818. The van der Waals surface area contributed by atoms with Crippen LogP contribution in [0.25, 0.3) is 0 Å². The third-order valence-corrected chi connectivity index (χ3v) is 6.59. The Balaban J connectivity index is 1.64. The van der Waals surface area contributed by atoms with Crippen molar-refractivity contribution in [3.63, 3.8) is 0 Å². The van der Waals surface area contributed by atoms with Gasteiger partial charge < -0.3 is 5.32 Å². The van der Waals surface area contributed by atoms with Crippen molar-refractivity contribution in [2.24, 2.45) is 5.92 Å². The number of anilines is 1. The van der Waals surface area contributed by atoms with Crippen molar-refractivity contribution >= 4 is 33.2 Å². The third-order valence-electron chi connectivity index (χ3n) is 4.52. The smallest absolute Gasteiger partial charge is 0.228 e. The number of nitrogens with zero attached hydrogens (tertiary/aromatic N) is 1. The SMILES string of the molecule is O=C(Nc1ccc(Cl)cc1)[C@@H]1CCCN(S(=O)(=O)Cc2ccc(F)cc2)C1. The largest absolute Gasteiger partial charge is 0.326 e. The number of hydrogen-bond donors (Lipinski definition) is 1. The van der Waals surface area contributed by atoms with Gasteiger partial charge >= 0.3 is 0 Å². The zero-order valence-corrected chi connectivity index (χ0v) is 16.1. The standard InChI is InChI=1S/C19H20ClFN2O3S/c20-16-5-9-18(10-6-16)22-19(24)15-2-1-11-23(12-15)27(25,26)13-14-3-7-17(21)8-4-14/h3-10,15H,1-2,11-13H2,(H,22,24)/t15-/m1/s1. The number of sulfonamides is 1. The van der Waals surface area contributed by atoms with Crippen LogP contribution in [0.3, 0.4) is 0 Å². The van der Waals surface area contributed by atoms with Gasteiger partial charge in [0.1, 0.15) is 5.82 Å². The molecule has 2 aromatic carbocycles. The van der Waals surface area contributed by atoms with E-state index in [0.717, 1.165) is 0 Å². The molecule has 0 unspecified atom stereocenters. The molecule has 0 bridgehead atoms. The molecule has 5 nitrogen and oxygen atoms in total. The van der Waals surface area contributed by atoms with E-state index < -0.39 is 21.8 Å². The molecule has 0 spiro atoms. The highest BCUT2D eigenvalue weighted by molar-refractivity contribution is 7.88. The number of amides is 1. The van der Waals surface area contributed by atoms with Crippen molar-refractivity contribution in [1.82, 2.24) is 4.31 Å². The average Bonchev–Trinajstić information content (AvgIpc) is 2.65. The van der Waals surface area contributed by atoms with Gasteiger partial charge in [-0.25, -0.2) is 17.1 Å². The Morgan fingerprint density at radius 2 is 1.81 bits per heavy atom. The second-order valence-corrected chi connectivity index (χ2v) is 8.98. The lowest BCUT2D eigenvalue weighted by Crippen LogP contribution is -2.44. The molecule has 1 N–H and O–H groups in total. The molecule has 1 amide bonds. The van der Waals surface area contributed by atoms with E-state index >= 15 is 0 Å². The van der Waals surface area contributed by atoms with E-state index in [1.54, 1.807) is 24.3 Å². The second kappa shape index (κ2) is 8.37. The zero-order valence-electron chi connectivity index (χ0n) is 14.6. The summed E-state index contributed by atoms with van der Waals surface area (Å²) in [5.41, 5.74) is 1.14. The minimum absolute atomic E-state index is 0.142. The van der Waals surface area contributed by atoms with Gasteiger partial charge in [-0.05, 0) is 54.8 Å². The van der Waals surface area contributed by atoms with Crippen LogP contribution in [-0.2, 0) is 20.6 Å². The molecule has 8 heteroatoms. The lowest BCUT2D eigenvalue weighted by molar-refractivity contribution is -0.120. The van der Waals surface area contributed by atoms with Gasteiger partial charge in [0.2, 0.25) is 15.9 Å². The van der Waals surface area contributed by atoms with Crippen molar-refractivity contribution in [2.75, 3.05) is 18.4 Å². The predicted octanol–water partition coefficient (Wildman–Crippen LogP) is 3.66. The van der Waals surface area contributed by atoms with Crippen LogP contribution in [0.4, 0.5) is 10.1 Å². The molecule has 3 rings (SSSR count). The van der Waals surface area contributed by atoms with Gasteiger partial charge in [-0.15, -0.1) is 0 Å². The summed E-state index contributed by atoms with van der Waals surface area (Å²) in [6, 6.07) is 12.2. The molecule has 1 saturated heterocycles. The maximum Gasteiger partial charge on any atom is 0.228 e. The molecule has 1 aliphatic heterocycles. The van der Waals surface area contributed by atoms with Crippen LogP contribution in [0.5, 0.6) is 0 Å².